The van der Waals surface area contributed by atoms with Gasteiger partial charge in [0, 0.05) is 11.6 Å². The minimum Gasteiger partial charge on any atom is -0.464 e. The molecule has 0 saturated carbocycles. The van der Waals surface area contributed by atoms with Crippen LogP contribution in [-0.2, 0) is 18.8 Å². The van der Waals surface area contributed by atoms with Crippen LogP contribution in [0.5, 0.6) is 0 Å². The van der Waals surface area contributed by atoms with Gasteiger partial charge in [0.15, 0.2) is 0 Å². The molecule has 2 aliphatic heterocycles. The predicted octanol–water partition coefficient (Wildman–Crippen LogP) is 1.28. The van der Waals surface area contributed by atoms with E-state index in [2.05, 4.69) is 4.98 Å². The van der Waals surface area contributed by atoms with Crippen molar-refractivity contribution in [3.8, 4) is 0 Å². The Hall–Kier alpha value is -1.44. The fourth-order valence-corrected chi connectivity index (χ4v) is 2.51. The number of carbonyl (C=O) groups excluding carboxylic acids is 1. The lowest BCUT2D eigenvalue weighted by Crippen LogP contribution is -2.41. The number of nitrogens with zero attached hydrogens (tertiary/aromatic N) is 1. The van der Waals surface area contributed by atoms with Crippen molar-refractivity contribution in [2.75, 3.05) is 20.3 Å². The van der Waals surface area contributed by atoms with E-state index in [0.717, 1.165) is 11.2 Å². The molecule has 23 heavy (non-hydrogen) atoms. The summed E-state index contributed by atoms with van der Waals surface area (Å²) in [7, 11) is 0.809. The monoisotopic (exact) mass is 319 g/mol. The molecule has 0 aliphatic carbocycles. The van der Waals surface area contributed by atoms with Gasteiger partial charge < -0.3 is 18.8 Å². The smallest absolute Gasteiger partial charge is 0.464 e. The van der Waals surface area contributed by atoms with Crippen molar-refractivity contribution >= 4 is 18.6 Å². The summed E-state index contributed by atoms with van der Waals surface area (Å²) in [6.45, 7) is 9.21. The molecule has 0 spiro atoms. The molecule has 124 valence electrons. The van der Waals surface area contributed by atoms with E-state index >= 15 is 0 Å². The van der Waals surface area contributed by atoms with Crippen LogP contribution in [0.15, 0.2) is 12.1 Å². The Labute approximate surface area is 136 Å². The molecular weight excluding hydrogens is 297 g/mol. The van der Waals surface area contributed by atoms with E-state index in [9.17, 15) is 4.79 Å². The van der Waals surface area contributed by atoms with Crippen LogP contribution in [0.25, 0.3) is 0 Å². The largest absolute Gasteiger partial charge is 0.494 e. The molecule has 0 amide bonds. The van der Waals surface area contributed by atoms with Gasteiger partial charge in [-0.15, -0.1) is 0 Å². The summed E-state index contributed by atoms with van der Waals surface area (Å²) in [6.07, 6.45) is 0. The Morgan fingerprint density at radius 1 is 1.22 bits per heavy atom. The van der Waals surface area contributed by atoms with Gasteiger partial charge in [-0.3, -0.25) is 0 Å². The predicted molar refractivity (Wildman–Crippen MR) is 84.9 cm³/mol. The highest BCUT2D eigenvalue weighted by Gasteiger charge is 2.52. The minimum atomic E-state index is -0.536. The number of aromatic nitrogens is 1. The van der Waals surface area contributed by atoms with E-state index in [1.807, 2.05) is 33.8 Å². The van der Waals surface area contributed by atoms with E-state index in [0.29, 0.717) is 13.2 Å². The van der Waals surface area contributed by atoms with Gasteiger partial charge in [0.1, 0.15) is 5.69 Å². The van der Waals surface area contributed by atoms with Crippen molar-refractivity contribution in [1.82, 2.24) is 4.98 Å². The van der Waals surface area contributed by atoms with Gasteiger partial charge in [0.25, 0.3) is 0 Å². The van der Waals surface area contributed by atoms with Gasteiger partial charge in [-0.05, 0) is 45.3 Å². The molecule has 0 aromatic carbocycles. The van der Waals surface area contributed by atoms with Crippen molar-refractivity contribution in [2.45, 2.75) is 44.8 Å². The van der Waals surface area contributed by atoms with Gasteiger partial charge in [-0.1, -0.05) is 0 Å². The highest BCUT2D eigenvalue weighted by atomic mass is 16.7. The summed E-state index contributed by atoms with van der Waals surface area (Å²) in [4.78, 5) is 16.3. The molecule has 6 nitrogen and oxygen atoms in total. The van der Waals surface area contributed by atoms with Crippen LogP contribution < -0.4 is 5.46 Å². The lowest BCUT2D eigenvalue weighted by molar-refractivity contribution is 0.00578. The Bertz CT molecular complexity index is 611. The number of rotatable bonds is 3. The fourth-order valence-electron chi connectivity index (χ4n) is 2.51. The first kappa shape index (κ1) is 16.4. The minimum absolute atomic E-state index is 0.195. The first-order valence-electron chi connectivity index (χ1n) is 7.77. The second kappa shape index (κ2) is 5.58. The number of esters is 1. The van der Waals surface area contributed by atoms with Crippen LogP contribution in [-0.4, -0.2) is 49.6 Å². The van der Waals surface area contributed by atoms with E-state index in [1.165, 1.54) is 7.11 Å². The molecule has 3 rings (SSSR count). The average molecular weight is 319 g/mol. The molecule has 0 atom stereocenters. The third kappa shape index (κ3) is 2.89. The summed E-state index contributed by atoms with van der Waals surface area (Å²) in [6, 6.07) is 3.61. The summed E-state index contributed by atoms with van der Waals surface area (Å²) < 4.78 is 22.2. The zero-order chi connectivity index (χ0) is 16.8. The van der Waals surface area contributed by atoms with E-state index in [-0.39, 0.29) is 11.6 Å². The summed E-state index contributed by atoms with van der Waals surface area (Å²) in [5.41, 5.74) is 0.976. The second-order valence-corrected chi connectivity index (χ2v) is 7.02. The third-order valence-electron chi connectivity index (χ3n) is 4.84. The summed E-state index contributed by atoms with van der Waals surface area (Å²) >= 11 is 0. The first-order valence-corrected chi connectivity index (χ1v) is 7.77. The zero-order valence-corrected chi connectivity index (χ0v) is 14.2. The van der Waals surface area contributed by atoms with Crippen LogP contribution in [0.1, 0.15) is 49.8 Å². The molecule has 0 unspecified atom stereocenters. The van der Waals surface area contributed by atoms with Crippen molar-refractivity contribution in [1.29, 1.82) is 0 Å². The molecule has 2 fully saturated rings. The number of ether oxygens (including phenoxy) is 2. The molecule has 3 heterocycles. The maximum absolute atomic E-state index is 11.9. The first-order chi connectivity index (χ1) is 10.7. The normalized spacial score (nSPS) is 22.7. The summed E-state index contributed by atoms with van der Waals surface area (Å²) in [5.74, 6) is -0.273. The molecule has 7 heteroatoms. The van der Waals surface area contributed by atoms with Gasteiger partial charge >= 0.3 is 13.1 Å². The number of hydrogen-bond acceptors (Lipinski definition) is 6. The molecule has 0 bridgehead atoms. The third-order valence-corrected chi connectivity index (χ3v) is 4.84. The molecule has 1 aromatic heterocycles. The van der Waals surface area contributed by atoms with Gasteiger partial charge in [0.05, 0.1) is 31.5 Å². The van der Waals surface area contributed by atoms with Gasteiger partial charge in [0.2, 0.25) is 0 Å². The zero-order valence-electron chi connectivity index (χ0n) is 14.2. The summed E-state index contributed by atoms with van der Waals surface area (Å²) in [5, 5.41) is 0. The Morgan fingerprint density at radius 3 is 2.30 bits per heavy atom. The van der Waals surface area contributed by atoms with Crippen LogP contribution in [0, 0.1) is 0 Å². The molecule has 2 saturated heterocycles. The molecule has 1 aromatic rings. The Morgan fingerprint density at radius 2 is 1.83 bits per heavy atom. The SMILES string of the molecule is COC(=O)c1cc(B2OC(C)(C)C(C)(C)O2)cc(C2COC2)n1. The van der Waals surface area contributed by atoms with Crippen LogP contribution >= 0.6 is 0 Å². The quantitative estimate of drug-likeness (QED) is 0.618. The number of hydrogen-bond donors (Lipinski definition) is 0. The molecular formula is C16H22BNO5. The molecule has 2 aliphatic rings. The Balaban J connectivity index is 1.97. The lowest BCUT2D eigenvalue weighted by atomic mass is 9.78. The number of carbonyl (C=O) groups is 1. The van der Waals surface area contributed by atoms with Crippen LogP contribution in [0.2, 0.25) is 0 Å². The highest BCUT2D eigenvalue weighted by molar-refractivity contribution is 6.62. The van der Waals surface area contributed by atoms with Crippen molar-refractivity contribution < 1.29 is 23.6 Å². The van der Waals surface area contributed by atoms with Crippen molar-refractivity contribution in [3.63, 3.8) is 0 Å². The van der Waals surface area contributed by atoms with E-state index in [1.54, 1.807) is 6.07 Å². The molecule has 0 radical (unpaired) electrons. The van der Waals surface area contributed by atoms with Crippen LogP contribution in [0.4, 0.5) is 0 Å². The second-order valence-electron chi connectivity index (χ2n) is 7.02. The van der Waals surface area contributed by atoms with E-state index in [4.69, 9.17) is 18.8 Å². The van der Waals surface area contributed by atoms with Crippen LogP contribution in [0.3, 0.4) is 0 Å². The van der Waals surface area contributed by atoms with Gasteiger partial charge in [-0.2, -0.15) is 0 Å². The van der Waals surface area contributed by atoms with Crippen molar-refractivity contribution in [3.05, 3.63) is 23.5 Å². The van der Waals surface area contributed by atoms with E-state index < -0.39 is 24.3 Å². The maximum atomic E-state index is 11.9. The maximum Gasteiger partial charge on any atom is 0.494 e. The lowest BCUT2D eigenvalue weighted by Gasteiger charge is -2.32. The Kier molecular flexibility index (Phi) is 3.98. The number of pyridine rings is 1. The highest BCUT2D eigenvalue weighted by Crippen LogP contribution is 2.36. The molecule has 0 N–H and O–H groups in total. The topological polar surface area (TPSA) is 66.9 Å². The standard InChI is InChI=1S/C16H22BNO5/c1-15(2)16(3,4)23-17(22-15)11-6-12(10-8-21-9-10)18-13(7-11)14(19)20-5/h6-7,10H,8-9H2,1-5H3. The fraction of sp³-hybridized carbons (Fsp3) is 0.625. The number of methoxy groups -OCH3 is 1. The van der Waals surface area contributed by atoms with Gasteiger partial charge in [-0.25, -0.2) is 9.78 Å². The van der Waals surface area contributed by atoms with Crippen molar-refractivity contribution in [2.24, 2.45) is 0 Å². The average Bonchev–Trinajstić information content (AvgIpc) is 2.64.